The zero-order valence-electron chi connectivity index (χ0n) is 17.3. The van der Waals surface area contributed by atoms with Crippen LogP contribution < -0.4 is 15.4 Å². The van der Waals surface area contributed by atoms with Crippen molar-refractivity contribution >= 4 is 29.4 Å². The molecule has 3 heterocycles. The number of nitrogens with one attached hydrogen (secondary N) is 1. The first-order valence-corrected chi connectivity index (χ1v) is 9.52. The lowest BCUT2D eigenvalue weighted by atomic mass is 10.1. The average molecular weight is 415 g/mol. The Balaban J connectivity index is 0.00000155. The maximum Gasteiger partial charge on any atom is 0.227 e. The van der Waals surface area contributed by atoms with Gasteiger partial charge in [0, 0.05) is 42.7 Å². The number of nitrogens with zero attached hydrogens (tertiary/aromatic N) is 5. The summed E-state index contributed by atoms with van der Waals surface area (Å²) in [5.74, 6) is -0.0292. The lowest BCUT2D eigenvalue weighted by Gasteiger charge is -2.26. The molecule has 1 aliphatic rings. The number of aliphatic imine (C=N–C) groups is 1. The first kappa shape index (κ1) is 22.9. The van der Waals surface area contributed by atoms with Crippen molar-refractivity contribution in [2.45, 2.75) is 13.8 Å². The molecule has 0 spiro atoms. The molecule has 10 heteroatoms. The Labute approximate surface area is 175 Å². The van der Waals surface area contributed by atoms with Crippen LogP contribution in [0, 0.1) is 11.2 Å². The highest BCUT2D eigenvalue weighted by molar-refractivity contribution is 6.15. The Morgan fingerprint density at radius 2 is 2.00 bits per heavy atom. The van der Waals surface area contributed by atoms with Crippen LogP contribution in [-0.2, 0) is 4.74 Å². The second-order valence-electron chi connectivity index (χ2n) is 5.81. The van der Waals surface area contributed by atoms with Crippen molar-refractivity contribution < 1.29 is 13.9 Å². The third kappa shape index (κ3) is 6.05. The van der Waals surface area contributed by atoms with Gasteiger partial charge in [-0.15, -0.1) is 0 Å². The number of allylic oxidation sites excluding steroid dienone is 1. The summed E-state index contributed by atoms with van der Waals surface area (Å²) in [5, 5.41) is 7.60. The maximum absolute atomic E-state index is 14.1. The smallest absolute Gasteiger partial charge is 0.227 e. The van der Waals surface area contributed by atoms with Crippen LogP contribution in [0.5, 0.6) is 5.88 Å². The number of ether oxygens (including phenoxy) is 2. The Morgan fingerprint density at radius 1 is 1.27 bits per heavy atom. The van der Waals surface area contributed by atoms with Gasteiger partial charge in [0.15, 0.2) is 11.6 Å². The molecule has 3 rings (SSSR count). The fourth-order valence-corrected chi connectivity index (χ4v) is 2.54. The molecule has 1 aliphatic heterocycles. The molecular weight excluding hydrogens is 389 g/mol. The van der Waals surface area contributed by atoms with Gasteiger partial charge >= 0.3 is 0 Å². The molecule has 2 aromatic heterocycles. The predicted octanol–water partition coefficient (Wildman–Crippen LogP) is 2.60. The number of methoxy groups -OCH3 is 1. The van der Waals surface area contributed by atoms with Gasteiger partial charge in [-0.3, -0.25) is 0 Å². The molecule has 0 amide bonds. The topological polar surface area (TPSA) is 123 Å². The van der Waals surface area contributed by atoms with Crippen LogP contribution in [0.2, 0.25) is 0 Å². The van der Waals surface area contributed by atoms with Gasteiger partial charge in [-0.1, -0.05) is 13.8 Å². The van der Waals surface area contributed by atoms with E-state index in [1.807, 2.05) is 18.7 Å². The van der Waals surface area contributed by atoms with Gasteiger partial charge in [0.2, 0.25) is 11.8 Å². The fraction of sp³-hybridized carbons (Fsp3) is 0.350. The molecule has 0 atom stereocenters. The van der Waals surface area contributed by atoms with E-state index < -0.39 is 5.82 Å². The Morgan fingerprint density at radius 3 is 2.60 bits per heavy atom. The Bertz CT molecular complexity index is 895. The molecule has 0 radical (unpaired) electrons. The lowest BCUT2D eigenvalue weighted by Crippen LogP contribution is -2.37. The summed E-state index contributed by atoms with van der Waals surface area (Å²) < 4.78 is 24.4. The molecule has 1 fully saturated rings. The van der Waals surface area contributed by atoms with Crippen LogP contribution in [0.15, 0.2) is 35.6 Å². The minimum Gasteiger partial charge on any atom is -0.481 e. The molecule has 0 unspecified atom stereocenters. The van der Waals surface area contributed by atoms with Crippen molar-refractivity contribution in [1.82, 2.24) is 15.0 Å². The number of pyridine rings is 1. The van der Waals surface area contributed by atoms with E-state index in [1.165, 1.54) is 13.2 Å². The van der Waals surface area contributed by atoms with Crippen molar-refractivity contribution in [2.24, 2.45) is 10.7 Å². The maximum atomic E-state index is 14.1. The van der Waals surface area contributed by atoms with Crippen LogP contribution in [0.25, 0.3) is 5.57 Å². The highest BCUT2D eigenvalue weighted by Crippen LogP contribution is 2.19. The summed E-state index contributed by atoms with van der Waals surface area (Å²) in [7, 11) is 1.52. The highest BCUT2D eigenvalue weighted by Gasteiger charge is 2.16. The van der Waals surface area contributed by atoms with E-state index in [4.69, 9.17) is 20.6 Å². The summed E-state index contributed by atoms with van der Waals surface area (Å²) in [6.45, 7) is 6.35. The quantitative estimate of drug-likeness (QED) is 0.549. The number of anilines is 1. The molecule has 0 aliphatic carbocycles. The molecule has 2 aromatic rings. The summed E-state index contributed by atoms with van der Waals surface area (Å²) >= 11 is 0. The number of rotatable bonds is 6. The van der Waals surface area contributed by atoms with Crippen LogP contribution in [-0.4, -0.2) is 60.4 Å². The van der Waals surface area contributed by atoms with E-state index in [9.17, 15) is 4.39 Å². The third-order valence-electron chi connectivity index (χ3n) is 3.98. The first-order chi connectivity index (χ1) is 14.6. The van der Waals surface area contributed by atoms with Gasteiger partial charge in [0.1, 0.15) is 5.84 Å². The molecule has 30 heavy (non-hydrogen) atoms. The summed E-state index contributed by atoms with van der Waals surface area (Å²) in [4.78, 5) is 18.2. The van der Waals surface area contributed by atoms with Gasteiger partial charge in [-0.2, -0.15) is 4.98 Å². The highest BCUT2D eigenvalue weighted by atomic mass is 19.1. The molecule has 0 aromatic carbocycles. The summed E-state index contributed by atoms with van der Waals surface area (Å²) in [6.07, 6.45) is 5.18. The number of amidine groups is 1. The monoisotopic (exact) mass is 415 g/mol. The fourth-order valence-electron chi connectivity index (χ4n) is 2.54. The largest absolute Gasteiger partial charge is 0.481 e. The number of nitrogens with two attached hydrogens (primary N) is 1. The van der Waals surface area contributed by atoms with Gasteiger partial charge in [-0.05, 0) is 12.1 Å². The minimum atomic E-state index is -0.684. The number of morpholine rings is 1. The average Bonchev–Trinajstić information content (AvgIpc) is 2.81. The number of hydrogen-bond donors (Lipinski definition) is 2. The third-order valence-corrected chi connectivity index (χ3v) is 3.98. The standard InChI is InChI=1S/C18H20FN7O2.C2H6/c1-27-16-3-2-12(10-22-16)13(9-20)8-15(21)24-17-14(19)11-23-18(25-17)26-4-6-28-7-5-26;1-2/h2-3,8-11,20H,4-7H2,1H3,(H2,21,23,24,25);1-2H3/b13-8+,20-9?;. The molecule has 160 valence electrons. The van der Waals surface area contributed by atoms with E-state index in [0.29, 0.717) is 49.3 Å². The van der Waals surface area contributed by atoms with E-state index >= 15 is 0 Å². The predicted molar refractivity (Wildman–Crippen MR) is 115 cm³/mol. The van der Waals surface area contributed by atoms with Crippen molar-refractivity contribution in [3.63, 3.8) is 0 Å². The van der Waals surface area contributed by atoms with E-state index in [0.717, 1.165) is 12.4 Å². The van der Waals surface area contributed by atoms with E-state index in [2.05, 4.69) is 19.9 Å². The summed E-state index contributed by atoms with van der Waals surface area (Å²) in [5.41, 5.74) is 7.04. The second kappa shape index (κ2) is 11.6. The van der Waals surface area contributed by atoms with Crippen LogP contribution >= 0.6 is 0 Å². The Kier molecular flexibility index (Phi) is 8.82. The Hall–Kier alpha value is -3.40. The summed E-state index contributed by atoms with van der Waals surface area (Å²) in [6, 6.07) is 3.40. The molecule has 1 saturated heterocycles. The zero-order chi connectivity index (χ0) is 21.9. The SMILES string of the molecule is CC.COc1ccc(/C(C=N)=C/C(N)=Nc2nc(N3CCOCC3)ncc2F)cn1. The first-order valence-electron chi connectivity index (χ1n) is 9.52. The number of halogens is 1. The number of aromatic nitrogens is 3. The lowest BCUT2D eigenvalue weighted by molar-refractivity contribution is 0.122. The van der Waals surface area contributed by atoms with Crippen LogP contribution in [0.4, 0.5) is 16.2 Å². The van der Waals surface area contributed by atoms with Gasteiger partial charge < -0.3 is 25.5 Å². The van der Waals surface area contributed by atoms with Gasteiger partial charge in [-0.25, -0.2) is 19.4 Å². The molecule has 0 bridgehead atoms. The van der Waals surface area contributed by atoms with Crippen molar-refractivity contribution in [1.29, 1.82) is 5.41 Å². The van der Waals surface area contributed by atoms with E-state index in [-0.39, 0.29) is 11.7 Å². The van der Waals surface area contributed by atoms with Gasteiger partial charge in [0.05, 0.1) is 26.5 Å². The van der Waals surface area contributed by atoms with Crippen LogP contribution in [0.1, 0.15) is 19.4 Å². The van der Waals surface area contributed by atoms with E-state index in [1.54, 1.807) is 18.3 Å². The zero-order valence-corrected chi connectivity index (χ0v) is 17.3. The molecule has 9 nitrogen and oxygen atoms in total. The minimum absolute atomic E-state index is 0.000143. The molecule has 0 saturated carbocycles. The molecule has 3 N–H and O–H groups in total. The van der Waals surface area contributed by atoms with Crippen molar-refractivity contribution in [2.75, 3.05) is 38.3 Å². The second-order valence-corrected chi connectivity index (χ2v) is 5.81. The van der Waals surface area contributed by atoms with Crippen molar-refractivity contribution in [3.8, 4) is 5.88 Å². The number of hydrogen-bond acceptors (Lipinski definition) is 8. The van der Waals surface area contributed by atoms with Gasteiger partial charge in [0.25, 0.3) is 0 Å². The molecular formula is C20H26FN7O2. The van der Waals surface area contributed by atoms with Crippen molar-refractivity contribution in [3.05, 3.63) is 42.0 Å². The van der Waals surface area contributed by atoms with Crippen LogP contribution in [0.3, 0.4) is 0 Å². The normalized spacial score (nSPS) is 14.6.